The monoisotopic (exact) mass is 494 g/mol. The molecular weight excluding hydrogens is 459 g/mol. The Kier molecular flexibility index (Phi) is 11.9. The van der Waals surface area contributed by atoms with Gasteiger partial charge >= 0.3 is 0 Å². The van der Waals surface area contributed by atoms with Crippen LogP contribution in [0.5, 0.6) is 0 Å². The molecule has 156 valence electrons. The third-order valence-electron chi connectivity index (χ3n) is 4.53. The molecule has 1 aromatic rings. The van der Waals surface area contributed by atoms with E-state index in [9.17, 15) is 0 Å². The van der Waals surface area contributed by atoms with E-state index in [0.29, 0.717) is 19.3 Å². The Hall–Kier alpha value is -0.870. The summed E-state index contributed by atoms with van der Waals surface area (Å²) in [7, 11) is 0. The van der Waals surface area contributed by atoms with Crippen molar-refractivity contribution in [1.29, 1.82) is 0 Å². The van der Waals surface area contributed by atoms with E-state index < -0.39 is 0 Å². The van der Waals surface area contributed by atoms with Crippen LogP contribution >= 0.6 is 24.0 Å². The van der Waals surface area contributed by atoms with Crippen molar-refractivity contribution in [3.63, 3.8) is 0 Å². The van der Waals surface area contributed by atoms with Gasteiger partial charge in [0.2, 0.25) is 0 Å². The molecule has 0 aliphatic carbocycles. The van der Waals surface area contributed by atoms with Gasteiger partial charge in [-0.05, 0) is 40.0 Å². The quantitative estimate of drug-likeness (QED) is 0.225. The van der Waals surface area contributed by atoms with Gasteiger partial charge in [0.1, 0.15) is 5.76 Å². The van der Waals surface area contributed by atoms with E-state index >= 15 is 0 Å². The number of aryl methyl sites for hydroxylation is 2. The zero-order valence-electron chi connectivity index (χ0n) is 17.0. The van der Waals surface area contributed by atoms with E-state index in [1.54, 1.807) is 0 Å². The van der Waals surface area contributed by atoms with Crippen LogP contribution in [0.3, 0.4) is 0 Å². The lowest BCUT2D eigenvalue weighted by atomic mass is 10.00. The molecule has 1 aromatic heterocycles. The second-order valence-electron chi connectivity index (χ2n) is 6.85. The lowest BCUT2D eigenvalue weighted by Gasteiger charge is -2.14. The number of aromatic nitrogens is 1. The number of nitrogens with one attached hydrogen (secondary N) is 2. The van der Waals surface area contributed by atoms with E-state index in [4.69, 9.17) is 19.0 Å². The largest absolute Gasteiger partial charge is 0.379 e. The molecule has 27 heavy (non-hydrogen) atoms. The number of nitrogens with zero attached hydrogens (tertiary/aromatic N) is 2. The lowest BCUT2D eigenvalue weighted by Crippen LogP contribution is -2.38. The highest BCUT2D eigenvalue weighted by Crippen LogP contribution is 2.23. The van der Waals surface area contributed by atoms with Crippen LogP contribution in [0.1, 0.15) is 56.0 Å². The standard InChI is InChI=1S/C19H34N4O3.HI/c1-5-20-19(21-9-7-10-24-13-17-8-6-11-25-17)22-12-14(2)18-15(3)23-26-16(18)4;/h14,17H,5-13H2,1-4H3,(H2,20,21,22);1H. The van der Waals surface area contributed by atoms with Crippen LogP contribution in [0.4, 0.5) is 0 Å². The van der Waals surface area contributed by atoms with Crippen molar-refractivity contribution in [2.24, 2.45) is 4.99 Å². The maximum absolute atomic E-state index is 5.69. The van der Waals surface area contributed by atoms with E-state index in [-0.39, 0.29) is 29.9 Å². The highest BCUT2D eigenvalue weighted by molar-refractivity contribution is 14.0. The second-order valence-corrected chi connectivity index (χ2v) is 6.85. The molecule has 0 amide bonds. The Balaban J connectivity index is 0.00000364. The number of aliphatic imine (C=N–C) groups is 1. The first-order valence-electron chi connectivity index (χ1n) is 9.76. The zero-order chi connectivity index (χ0) is 18.8. The van der Waals surface area contributed by atoms with E-state index in [0.717, 1.165) is 68.5 Å². The summed E-state index contributed by atoms with van der Waals surface area (Å²) in [5.74, 6) is 1.99. The van der Waals surface area contributed by atoms with E-state index in [1.165, 1.54) is 0 Å². The summed E-state index contributed by atoms with van der Waals surface area (Å²) < 4.78 is 16.5. The molecule has 1 saturated heterocycles. The van der Waals surface area contributed by atoms with Gasteiger partial charge in [-0.25, -0.2) is 0 Å². The predicted molar refractivity (Wildman–Crippen MR) is 118 cm³/mol. The number of guanidine groups is 1. The van der Waals surface area contributed by atoms with Gasteiger partial charge in [0.25, 0.3) is 0 Å². The van der Waals surface area contributed by atoms with Gasteiger partial charge in [0, 0.05) is 44.3 Å². The minimum absolute atomic E-state index is 0. The van der Waals surface area contributed by atoms with Crippen molar-refractivity contribution in [2.75, 3.05) is 39.5 Å². The van der Waals surface area contributed by atoms with Gasteiger partial charge in [-0.15, -0.1) is 24.0 Å². The first-order chi connectivity index (χ1) is 12.6. The van der Waals surface area contributed by atoms with Gasteiger partial charge in [0.15, 0.2) is 5.96 Å². The molecule has 0 saturated carbocycles. The molecular formula is C19H35IN4O3. The Morgan fingerprint density at radius 3 is 2.81 bits per heavy atom. The van der Waals surface area contributed by atoms with Gasteiger partial charge < -0.3 is 24.6 Å². The molecule has 2 atom stereocenters. The first kappa shape index (κ1) is 24.2. The lowest BCUT2D eigenvalue weighted by molar-refractivity contribution is 0.0168. The number of hydrogen-bond donors (Lipinski definition) is 2. The minimum Gasteiger partial charge on any atom is -0.379 e. The topological polar surface area (TPSA) is 80.9 Å². The predicted octanol–water partition coefficient (Wildman–Crippen LogP) is 3.15. The van der Waals surface area contributed by atoms with Crippen molar-refractivity contribution >= 4 is 29.9 Å². The van der Waals surface area contributed by atoms with Gasteiger partial charge in [-0.2, -0.15) is 0 Å². The van der Waals surface area contributed by atoms with Crippen molar-refractivity contribution < 1.29 is 14.0 Å². The van der Waals surface area contributed by atoms with Crippen molar-refractivity contribution in [3.8, 4) is 0 Å². The normalized spacial score (nSPS) is 18.2. The summed E-state index contributed by atoms with van der Waals surface area (Å²) in [6, 6.07) is 0. The fraction of sp³-hybridized carbons (Fsp3) is 0.789. The Bertz CT molecular complexity index is 540. The molecule has 2 N–H and O–H groups in total. The molecule has 0 spiro atoms. The first-order valence-corrected chi connectivity index (χ1v) is 9.76. The third kappa shape index (κ3) is 8.35. The Morgan fingerprint density at radius 2 is 2.19 bits per heavy atom. The van der Waals surface area contributed by atoms with Crippen LogP contribution in [0.25, 0.3) is 0 Å². The average Bonchev–Trinajstić information content (AvgIpc) is 3.25. The molecule has 2 rings (SSSR count). The van der Waals surface area contributed by atoms with Crippen LogP contribution in [-0.2, 0) is 9.47 Å². The van der Waals surface area contributed by atoms with E-state index in [1.807, 2.05) is 13.8 Å². The van der Waals surface area contributed by atoms with Crippen molar-refractivity contribution in [2.45, 2.75) is 59.0 Å². The molecule has 8 heteroatoms. The number of ether oxygens (including phenoxy) is 2. The van der Waals surface area contributed by atoms with Gasteiger partial charge in [0.05, 0.1) is 18.4 Å². The van der Waals surface area contributed by atoms with Crippen LogP contribution in [0.15, 0.2) is 9.52 Å². The summed E-state index contributed by atoms with van der Waals surface area (Å²) in [4.78, 5) is 4.70. The molecule has 1 aliphatic heterocycles. The molecule has 0 aromatic carbocycles. The van der Waals surface area contributed by atoms with E-state index in [2.05, 4.69) is 29.6 Å². The molecule has 7 nitrogen and oxygen atoms in total. The smallest absolute Gasteiger partial charge is 0.191 e. The second kappa shape index (κ2) is 13.3. The van der Waals surface area contributed by atoms with Gasteiger partial charge in [-0.1, -0.05) is 12.1 Å². The number of rotatable bonds is 10. The maximum Gasteiger partial charge on any atom is 0.191 e. The van der Waals surface area contributed by atoms with Crippen LogP contribution < -0.4 is 10.6 Å². The summed E-state index contributed by atoms with van der Waals surface area (Å²) in [6.07, 6.45) is 3.52. The fourth-order valence-electron chi connectivity index (χ4n) is 3.23. The fourth-order valence-corrected chi connectivity index (χ4v) is 3.23. The Labute approximate surface area is 180 Å². The summed E-state index contributed by atoms with van der Waals surface area (Å²) in [5.41, 5.74) is 2.11. The minimum atomic E-state index is 0. The number of hydrogen-bond acceptors (Lipinski definition) is 5. The van der Waals surface area contributed by atoms with Crippen LogP contribution in [-0.4, -0.2) is 56.7 Å². The van der Waals surface area contributed by atoms with Crippen LogP contribution in [0.2, 0.25) is 0 Å². The zero-order valence-corrected chi connectivity index (χ0v) is 19.4. The molecule has 2 heterocycles. The Morgan fingerprint density at radius 1 is 1.37 bits per heavy atom. The van der Waals surface area contributed by atoms with Gasteiger partial charge in [-0.3, -0.25) is 4.99 Å². The SMILES string of the molecule is CCNC(=NCC(C)c1c(C)noc1C)NCCCOCC1CCCO1.I. The average molecular weight is 494 g/mol. The van der Waals surface area contributed by atoms with Crippen LogP contribution in [0, 0.1) is 13.8 Å². The molecule has 1 aliphatic rings. The number of halogens is 1. The molecule has 0 radical (unpaired) electrons. The summed E-state index contributed by atoms with van der Waals surface area (Å²) in [5, 5.41) is 10.7. The third-order valence-corrected chi connectivity index (χ3v) is 4.53. The summed E-state index contributed by atoms with van der Waals surface area (Å²) in [6.45, 7) is 12.8. The molecule has 1 fully saturated rings. The molecule has 0 bridgehead atoms. The highest BCUT2D eigenvalue weighted by atomic mass is 127. The summed E-state index contributed by atoms with van der Waals surface area (Å²) >= 11 is 0. The maximum atomic E-state index is 5.69. The molecule has 2 unspecified atom stereocenters. The van der Waals surface area contributed by atoms with Crippen molar-refractivity contribution in [3.05, 3.63) is 17.0 Å². The highest BCUT2D eigenvalue weighted by Gasteiger charge is 2.16. The van der Waals surface area contributed by atoms with Crippen molar-refractivity contribution in [1.82, 2.24) is 15.8 Å².